The molecule has 0 bridgehead atoms. The van der Waals surface area contributed by atoms with E-state index in [0.29, 0.717) is 18.7 Å². The van der Waals surface area contributed by atoms with Crippen LogP contribution in [0.15, 0.2) is 24.3 Å². The van der Waals surface area contributed by atoms with Crippen molar-refractivity contribution in [2.24, 2.45) is 0 Å². The highest BCUT2D eigenvalue weighted by atomic mass is 19.1. The van der Waals surface area contributed by atoms with Gasteiger partial charge in [-0.2, -0.15) is 0 Å². The number of ether oxygens (including phenoxy) is 1. The second kappa shape index (κ2) is 7.39. The summed E-state index contributed by atoms with van der Waals surface area (Å²) < 4.78 is 17.4. The molecule has 1 aromatic rings. The van der Waals surface area contributed by atoms with Gasteiger partial charge in [-0.05, 0) is 24.3 Å². The lowest BCUT2D eigenvalue weighted by Crippen LogP contribution is -2.39. The van der Waals surface area contributed by atoms with Crippen LogP contribution >= 0.6 is 0 Å². The summed E-state index contributed by atoms with van der Waals surface area (Å²) in [7, 11) is 1.53. The Labute approximate surface area is 104 Å². The Morgan fingerprint density at radius 2 is 1.89 bits per heavy atom. The highest BCUT2D eigenvalue weighted by Gasteiger charge is 2.07. The first-order valence-electron chi connectivity index (χ1n) is 5.43. The predicted molar refractivity (Wildman–Crippen MR) is 64.0 cm³/mol. The van der Waals surface area contributed by atoms with E-state index in [-0.39, 0.29) is 12.3 Å². The number of Topliss-reactive ketones (excluding diaryl/α,β-unsaturated/α-hetero) is 1. The fourth-order valence-electron chi connectivity index (χ4n) is 1.23. The Bertz CT molecular complexity index is 406. The van der Waals surface area contributed by atoms with Crippen molar-refractivity contribution in [3.8, 4) is 0 Å². The van der Waals surface area contributed by atoms with Crippen molar-refractivity contribution >= 4 is 11.8 Å². The third-order valence-corrected chi connectivity index (χ3v) is 2.17. The Kier molecular flexibility index (Phi) is 5.79. The zero-order valence-electron chi connectivity index (χ0n) is 10.0. The number of ketones is 1. The first-order chi connectivity index (χ1) is 8.63. The molecule has 0 heterocycles. The highest BCUT2D eigenvalue weighted by Crippen LogP contribution is 2.02. The van der Waals surface area contributed by atoms with Crippen molar-refractivity contribution in [2.75, 3.05) is 26.8 Å². The maximum atomic E-state index is 12.6. The predicted octanol–water partition coefficient (Wildman–Crippen LogP) is 0.954. The molecule has 0 aliphatic carbocycles. The normalized spacial score (nSPS) is 9.89. The number of nitrogens with one attached hydrogen (secondary N) is 2. The quantitative estimate of drug-likeness (QED) is 0.587. The van der Waals surface area contributed by atoms with Crippen molar-refractivity contribution in [2.45, 2.75) is 0 Å². The minimum Gasteiger partial charge on any atom is -0.383 e. The SMILES string of the molecule is COCCNC(=O)NCC(=O)c1ccc(F)cc1. The lowest BCUT2D eigenvalue weighted by atomic mass is 10.1. The summed E-state index contributed by atoms with van der Waals surface area (Å²) in [6, 6.07) is 4.71. The molecule has 0 spiro atoms. The monoisotopic (exact) mass is 254 g/mol. The maximum Gasteiger partial charge on any atom is 0.315 e. The van der Waals surface area contributed by atoms with Gasteiger partial charge < -0.3 is 15.4 Å². The first kappa shape index (κ1) is 14.1. The number of urea groups is 1. The van der Waals surface area contributed by atoms with Gasteiger partial charge in [-0.1, -0.05) is 0 Å². The van der Waals surface area contributed by atoms with Crippen LogP contribution in [0.2, 0.25) is 0 Å². The van der Waals surface area contributed by atoms with Gasteiger partial charge >= 0.3 is 6.03 Å². The van der Waals surface area contributed by atoms with Crippen LogP contribution in [-0.2, 0) is 4.74 Å². The summed E-state index contributed by atoms with van der Waals surface area (Å²) in [5.41, 5.74) is 0.355. The van der Waals surface area contributed by atoms with E-state index in [2.05, 4.69) is 10.6 Å². The van der Waals surface area contributed by atoms with E-state index in [4.69, 9.17) is 4.74 Å². The second-order valence-corrected chi connectivity index (χ2v) is 3.53. The molecule has 2 amide bonds. The smallest absolute Gasteiger partial charge is 0.315 e. The Balaban J connectivity index is 2.32. The van der Waals surface area contributed by atoms with E-state index >= 15 is 0 Å². The lowest BCUT2D eigenvalue weighted by molar-refractivity contribution is 0.0992. The van der Waals surface area contributed by atoms with Gasteiger partial charge in [-0.3, -0.25) is 4.79 Å². The third-order valence-electron chi connectivity index (χ3n) is 2.17. The fraction of sp³-hybridized carbons (Fsp3) is 0.333. The molecule has 0 aliphatic heterocycles. The van der Waals surface area contributed by atoms with E-state index in [9.17, 15) is 14.0 Å². The molecule has 1 rings (SSSR count). The van der Waals surface area contributed by atoms with E-state index < -0.39 is 11.8 Å². The molecule has 0 aromatic heterocycles. The van der Waals surface area contributed by atoms with Gasteiger partial charge in [-0.15, -0.1) is 0 Å². The summed E-state index contributed by atoms with van der Waals surface area (Å²) in [5.74, 6) is -0.686. The molecule has 98 valence electrons. The Hall–Kier alpha value is -1.95. The Morgan fingerprint density at radius 3 is 2.50 bits per heavy atom. The molecule has 0 radical (unpaired) electrons. The molecule has 0 fully saturated rings. The number of rotatable bonds is 6. The van der Waals surface area contributed by atoms with Crippen LogP contribution in [0.1, 0.15) is 10.4 Å². The lowest BCUT2D eigenvalue weighted by Gasteiger charge is -2.06. The summed E-state index contributed by atoms with van der Waals surface area (Å²) in [5, 5.41) is 4.92. The number of amides is 2. The minimum absolute atomic E-state index is 0.134. The number of benzene rings is 1. The largest absolute Gasteiger partial charge is 0.383 e. The van der Waals surface area contributed by atoms with Crippen LogP contribution in [0.25, 0.3) is 0 Å². The molecule has 0 aliphatic rings. The average Bonchev–Trinajstić information content (AvgIpc) is 2.37. The van der Waals surface area contributed by atoms with Crippen molar-refractivity contribution < 1.29 is 18.7 Å². The molecule has 18 heavy (non-hydrogen) atoms. The summed E-state index contributed by atoms with van der Waals surface area (Å²) in [6.07, 6.45) is 0. The zero-order valence-corrected chi connectivity index (χ0v) is 10.0. The molecule has 0 saturated carbocycles. The molecule has 6 heteroatoms. The minimum atomic E-state index is -0.442. The van der Waals surface area contributed by atoms with Gasteiger partial charge in [0.1, 0.15) is 5.82 Å². The van der Waals surface area contributed by atoms with Crippen LogP contribution in [0.4, 0.5) is 9.18 Å². The summed E-state index contributed by atoms with van der Waals surface area (Å²) in [4.78, 5) is 22.8. The average molecular weight is 254 g/mol. The van der Waals surface area contributed by atoms with E-state index in [1.807, 2.05) is 0 Å². The topological polar surface area (TPSA) is 67.4 Å². The third kappa shape index (κ3) is 4.92. The van der Waals surface area contributed by atoms with Crippen LogP contribution in [0, 0.1) is 5.82 Å². The van der Waals surface area contributed by atoms with Crippen molar-refractivity contribution in [1.29, 1.82) is 0 Å². The molecule has 2 N–H and O–H groups in total. The highest BCUT2D eigenvalue weighted by molar-refractivity contribution is 5.99. The molecular weight excluding hydrogens is 239 g/mol. The van der Waals surface area contributed by atoms with Crippen LogP contribution < -0.4 is 10.6 Å². The van der Waals surface area contributed by atoms with Gasteiger partial charge in [0.15, 0.2) is 5.78 Å². The van der Waals surface area contributed by atoms with E-state index in [1.165, 1.54) is 31.4 Å². The number of hydrogen-bond acceptors (Lipinski definition) is 3. The fourth-order valence-corrected chi connectivity index (χ4v) is 1.23. The molecule has 0 unspecified atom stereocenters. The Morgan fingerprint density at radius 1 is 1.22 bits per heavy atom. The number of halogens is 1. The standard InChI is InChI=1S/C12H15FN2O3/c1-18-7-6-14-12(17)15-8-11(16)9-2-4-10(13)5-3-9/h2-5H,6-8H2,1H3,(H2,14,15,17). The maximum absolute atomic E-state index is 12.6. The van der Waals surface area contributed by atoms with E-state index in [1.54, 1.807) is 0 Å². The number of carbonyl (C=O) groups excluding carboxylic acids is 2. The first-order valence-corrected chi connectivity index (χ1v) is 5.43. The number of methoxy groups -OCH3 is 1. The van der Waals surface area contributed by atoms with E-state index in [0.717, 1.165) is 0 Å². The van der Waals surface area contributed by atoms with Crippen LogP contribution in [0.5, 0.6) is 0 Å². The van der Waals surface area contributed by atoms with Gasteiger partial charge in [0.05, 0.1) is 13.2 Å². The van der Waals surface area contributed by atoms with Gasteiger partial charge in [0, 0.05) is 19.2 Å². The van der Waals surface area contributed by atoms with Crippen LogP contribution in [0.3, 0.4) is 0 Å². The molecule has 1 aromatic carbocycles. The zero-order chi connectivity index (χ0) is 13.4. The molecule has 0 atom stereocenters. The second-order valence-electron chi connectivity index (χ2n) is 3.53. The van der Waals surface area contributed by atoms with Crippen molar-refractivity contribution in [1.82, 2.24) is 10.6 Å². The van der Waals surface area contributed by atoms with Gasteiger partial charge in [-0.25, -0.2) is 9.18 Å². The molecule has 5 nitrogen and oxygen atoms in total. The van der Waals surface area contributed by atoms with Gasteiger partial charge in [0.25, 0.3) is 0 Å². The number of carbonyl (C=O) groups is 2. The van der Waals surface area contributed by atoms with Crippen molar-refractivity contribution in [3.05, 3.63) is 35.6 Å². The van der Waals surface area contributed by atoms with Crippen LogP contribution in [-0.4, -0.2) is 38.6 Å². The number of hydrogen-bond donors (Lipinski definition) is 2. The van der Waals surface area contributed by atoms with Gasteiger partial charge in [0.2, 0.25) is 0 Å². The molecular formula is C12H15FN2O3. The van der Waals surface area contributed by atoms with Crippen molar-refractivity contribution in [3.63, 3.8) is 0 Å². The summed E-state index contributed by atoms with van der Waals surface area (Å²) in [6.45, 7) is 0.636. The summed E-state index contributed by atoms with van der Waals surface area (Å²) >= 11 is 0. The molecule has 0 saturated heterocycles.